The van der Waals surface area contributed by atoms with Gasteiger partial charge < -0.3 is 0 Å². The standard InChI is InChI=1S/C13H11ClF3N/c14-11-6-9(5-10(7-11)13(15,16)17)12(8-18)3-1-2-4-12/h5-7H,1-4H2. The van der Waals surface area contributed by atoms with E-state index in [1.54, 1.807) is 0 Å². The molecule has 18 heavy (non-hydrogen) atoms. The molecule has 1 saturated carbocycles. The lowest BCUT2D eigenvalue weighted by atomic mass is 9.80. The Bertz CT molecular complexity index is 496. The van der Waals surface area contributed by atoms with Crippen molar-refractivity contribution in [2.24, 2.45) is 0 Å². The molecular formula is C13H11ClF3N. The van der Waals surface area contributed by atoms with Gasteiger partial charge in [-0.1, -0.05) is 24.4 Å². The Kier molecular flexibility index (Phi) is 3.29. The molecule has 5 heteroatoms. The Labute approximate surface area is 108 Å². The molecule has 1 aromatic carbocycles. The summed E-state index contributed by atoms with van der Waals surface area (Å²) in [4.78, 5) is 0. The van der Waals surface area contributed by atoms with Crippen molar-refractivity contribution < 1.29 is 13.2 Å². The summed E-state index contributed by atoms with van der Waals surface area (Å²) in [6.45, 7) is 0. The van der Waals surface area contributed by atoms with Gasteiger partial charge in [-0.3, -0.25) is 0 Å². The van der Waals surface area contributed by atoms with Crippen LogP contribution in [0.1, 0.15) is 36.8 Å². The van der Waals surface area contributed by atoms with E-state index >= 15 is 0 Å². The van der Waals surface area contributed by atoms with Crippen molar-refractivity contribution in [1.29, 1.82) is 5.26 Å². The average molecular weight is 274 g/mol. The van der Waals surface area contributed by atoms with Gasteiger partial charge in [-0.05, 0) is 36.6 Å². The number of hydrogen-bond acceptors (Lipinski definition) is 1. The molecule has 0 amide bonds. The molecule has 96 valence electrons. The van der Waals surface area contributed by atoms with Gasteiger partial charge in [-0.25, -0.2) is 0 Å². The third-order valence-electron chi connectivity index (χ3n) is 3.45. The number of nitrogens with zero attached hydrogens (tertiary/aromatic N) is 1. The second-order valence-electron chi connectivity index (χ2n) is 4.63. The van der Waals surface area contributed by atoms with Crippen molar-refractivity contribution >= 4 is 11.6 Å². The minimum Gasteiger partial charge on any atom is -0.197 e. The first-order chi connectivity index (χ1) is 8.37. The largest absolute Gasteiger partial charge is 0.416 e. The molecule has 0 unspecified atom stereocenters. The summed E-state index contributed by atoms with van der Waals surface area (Å²) in [7, 11) is 0. The van der Waals surface area contributed by atoms with Gasteiger partial charge in [0.15, 0.2) is 0 Å². The molecule has 0 aromatic heterocycles. The van der Waals surface area contributed by atoms with E-state index in [1.807, 2.05) is 0 Å². The summed E-state index contributed by atoms with van der Waals surface area (Å²) >= 11 is 5.74. The molecule has 0 heterocycles. The molecule has 0 atom stereocenters. The van der Waals surface area contributed by atoms with Crippen molar-refractivity contribution in [3.05, 3.63) is 34.3 Å². The van der Waals surface area contributed by atoms with Crippen molar-refractivity contribution in [1.82, 2.24) is 0 Å². The predicted molar refractivity (Wildman–Crippen MR) is 62.2 cm³/mol. The predicted octanol–water partition coefficient (Wildman–Crippen LogP) is 4.69. The highest BCUT2D eigenvalue weighted by molar-refractivity contribution is 6.30. The second kappa shape index (κ2) is 4.47. The van der Waals surface area contributed by atoms with Crippen molar-refractivity contribution in [3.8, 4) is 6.07 Å². The van der Waals surface area contributed by atoms with Gasteiger partial charge in [0, 0.05) is 5.02 Å². The van der Waals surface area contributed by atoms with E-state index < -0.39 is 17.2 Å². The van der Waals surface area contributed by atoms with E-state index in [0.29, 0.717) is 18.4 Å². The topological polar surface area (TPSA) is 23.8 Å². The van der Waals surface area contributed by atoms with Gasteiger partial charge in [-0.15, -0.1) is 0 Å². The number of hydrogen-bond donors (Lipinski definition) is 0. The van der Waals surface area contributed by atoms with Crippen LogP contribution in [0.2, 0.25) is 5.02 Å². The molecule has 0 bridgehead atoms. The highest BCUT2D eigenvalue weighted by Gasteiger charge is 2.38. The zero-order chi connectivity index (χ0) is 13.4. The lowest BCUT2D eigenvalue weighted by molar-refractivity contribution is -0.137. The number of halogens is 4. The van der Waals surface area contributed by atoms with Gasteiger partial charge in [0.2, 0.25) is 0 Å². The molecule has 0 radical (unpaired) electrons. The highest BCUT2D eigenvalue weighted by atomic mass is 35.5. The van der Waals surface area contributed by atoms with Crippen LogP contribution in [0.15, 0.2) is 18.2 Å². The summed E-state index contributed by atoms with van der Waals surface area (Å²) in [6, 6.07) is 5.60. The Morgan fingerprint density at radius 3 is 2.28 bits per heavy atom. The first-order valence-corrected chi connectivity index (χ1v) is 6.05. The van der Waals surface area contributed by atoms with Crippen LogP contribution >= 0.6 is 11.6 Å². The fourth-order valence-electron chi connectivity index (χ4n) is 2.47. The van der Waals surface area contributed by atoms with E-state index in [-0.39, 0.29) is 5.02 Å². The molecule has 0 aliphatic heterocycles. The van der Waals surface area contributed by atoms with Gasteiger partial charge in [0.05, 0.1) is 17.0 Å². The first-order valence-electron chi connectivity index (χ1n) is 5.67. The average Bonchev–Trinajstić information content (AvgIpc) is 2.76. The van der Waals surface area contributed by atoms with Crippen molar-refractivity contribution in [2.75, 3.05) is 0 Å². The van der Waals surface area contributed by atoms with Crippen LogP contribution in [-0.2, 0) is 11.6 Å². The molecule has 1 aliphatic rings. The Balaban J connectivity index is 2.52. The first kappa shape index (κ1) is 13.2. The number of nitriles is 1. The normalized spacial score (nSPS) is 18.6. The highest BCUT2D eigenvalue weighted by Crippen LogP contribution is 2.43. The van der Waals surface area contributed by atoms with E-state index in [0.717, 1.165) is 25.0 Å². The maximum atomic E-state index is 12.7. The molecule has 2 rings (SSSR count). The summed E-state index contributed by atoms with van der Waals surface area (Å²) < 4.78 is 38.2. The van der Waals surface area contributed by atoms with Crippen LogP contribution in [0.3, 0.4) is 0 Å². The lowest BCUT2D eigenvalue weighted by Crippen LogP contribution is -2.20. The van der Waals surface area contributed by atoms with Gasteiger partial charge >= 0.3 is 6.18 Å². The van der Waals surface area contributed by atoms with Crippen LogP contribution in [0.25, 0.3) is 0 Å². The van der Waals surface area contributed by atoms with Crippen molar-refractivity contribution in [3.63, 3.8) is 0 Å². The summed E-state index contributed by atoms with van der Waals surface area (Å²) in [5, 5.41) is 9.31. The van der Waals surface area contributed by atoms with E-state index in [2.05, 4.69) is 6.07 Å². The Morgan fingerprint density at radius 2 is 1.78 bits per heavy atom. The molecule has 1 aromatic rings. The zero-order valence-electron chi connectivity index (χ0n) is 9.52. The summed E-state index contributed by atoms with van der Waals surface area (Å²) in [5.41, 5.74) is -1.20. The fourth-order valence-corrected chi connectivity index (χ4v) is 2.71. The third kappa shape index (κ3) is 2.32. The molecule has 1 aliphatic carbocycles. The second-order valence-corrected chi connectivity index (χ2v) is 5.06. The van der Waals surface area contributed by atoms with Crippen LogP contribution < -0.4 is 0 Å². The molecule has 0 N–H and O–H groups in total. The van der Waals surface area contributed by atoms with Crippen LogP contribution in [-0.4, -0.2) is 0 Å². The number of benzene rings is 1. The fraction of sp³-hybridized carbons (Fsp3) is 0.462. The smallest absolute Gasteiger partial charge is 0.197 e. The molecule has 0 spiro atoms. The van der Waals surface area contributed by atoms with Crippen LogP contribution in [0.4, 0.5) is 13.2 Å². The minimum atomic E-state index is -4.44. The van der Waals surface area contributed by atoms with Gasteiger partial charge in [0.25, 0.3) is 0 Å². The van der Waals surface area contributed by atoms with E-state index in [9.17, 15) is 18.4 Å². The maximum Gasteiger partial charge on any atom is 0.416 e. The monoisotopic (exact) mass is 273 g/mol. The molecule has 1 fully saturated rings. The van der Waals surface area contributed by atoms with E-state index in [4.69, 9.17) is 11.6 Å². The van der Waals surface area contributed by atoms with Gasteiger partial charge in [-0.2, -0.15) is 18.4 Å². The molecular weight excluding hydrogens is 263 g/mol. The molecule has 0 saturated heterocycles. The van der Waals surface area contributed by atoms with Crippen LogP contribution in [0.5, 0.6) is 0 Å². The number of rotatable bonds is 1. The maximum absolute atomic E-state index is 12.7. The Morgan fingerprint density at radius 1 is 1.17 bits per heavy atom. The zero-order valence-corrected chi connectivity index (χ0v) is 10.3. The number of alkyl halides is 3. The SMILES string of the molecule is N#CC1(c2cc(Cl)cc(C(F)(F)F)c2)CCCC1. The third-order valence-corrected chi connectivity index (χ3v) is 3.67. The van der Waals surface area contributed by atoms with Crippen LogP contribution in [0, 0.1) is 11.3 Å². The lowest BCUT2D eigenvalue weighted by Gasteiger charge is -2.22. The van der Waals surface area contributed by atoms with E-state index in [1.165, 1.54) is 6.07 Å². The Hall–Kier alpha value is -1.21. The van der Waals surface area contributed by atoms with Crippen molar-refractivity contribution in [2.45, 2.75) is 37.3 Å². The quantitative estimate of drug-likeness (QED) is 0.728. The minimum absolute atomic E-state index is 0.0290. The summed E-state index contributed by atoms with van der Waals surface area (Å²) in [6.07, 6.45) is -1.51. The van der Waals surface area contributed by atoms with Gasteiger partial charge in [0.1, 0.15) is 0 Å². The molecule has 1 nitrogen and oxygen atoms in total. The summed E-state index contributed by atoms with van der Waals surface area (Å²) in [5.74, 6) is 0.